The normalized spacial score (nSPS) is 13.2. The van der Waals surface area contributed by atoms with Crippen molar-refractivity contribution in [3.63, 3.8) is 0 Å². The third-order valence-corrected chi connectivity index (χ3v) is 5.12. The van der Waals surface area contributed by atoms with Crippen LogP contribution in [0, 0.1) is 5.82 Å². The fraction of sp³-hybridized carbons (Fsp3) is 0.190. The van der Waals surface area contributed by atoms with Gasteiger partial charge in [0.2, 0.25) is 0 Å². The summed E-state index contributed by atoms with van der Waals surface area (Å²) in [5.74, 6) is -0.247. The maximum absolute atomic E-state index is 13.1. The fourth-order valence-electron chi connectivity index (χ4n) is 3.76. The summed E-state index contributed by atoms with van der Waals surface area (Å²) >= 11 is 0. The van der Waals surface area contributed by atoms with Gasteiger partial charge in [0.1, 0.15) is 17.2 Å². The number of pyridine rings is 1. The highest BCUT2D eigenvalue weighted by atomic mass is 19.1. The topological polar surface area (TPSA) is 74.4 Å². The van der Waals surface area contributed by atoms with Crippen LogP contribution in [-0.2, 0) is 19.3 Å². The van der Waals surface area contributed by atoms with Gasteiger partial charge in [0.25, 0.3) is 0 Å². The zero-order valence-corrected chi connectivity index (χ0v) is 14.6. The first kappa shape index (κ1) is 15.9. The van der Waals surface area contributed by atoms with E-state index in [9.17, 15) is 9.18 Å². The maximum atomic E-state index is 13.1. The van der Waals surface area contributed by atoms with Crippen molar-refractivity contribution in [2.75, 3.05) is 0 Å². The molecule has 0 amide bonds. The molecule has 0 aliphatic heterocycles. The first-order valence-corrected chi connectivity index (χ1v) is 9.00. The van der Waals surface area contributed by atoms with Gasteiger partial charge in [-0.05, 0) is 66.8 Å². The number of aromatic nitrogens is 4. The smallest absolute Gasteiger partial charge is 0.187 e. The Morgan fingerprint density at radius 1 is 1.15 bits per heavy atom. The number of nitrogens with zero attached hydrogens (tertiary/aromatic N) is 2. The van der Waals surface area contributed by atoms with Crippen molar-refractivity contribution in [2.24, 2.45) is 0 Å². The van der Waals surface area contributed by atoms with E-state index in [1.807, 2.05) is 12.1 Å². The molecule has 0 bridgehead atoms. The predicted molar refractivity (Wildman–Crippen MR) is 100 cm³/mol. The summed E-state index contributed by atoms with van der Waals surface area (Å²) in [5, 5.41) is 8.13. The SMILES string of the molecule is O=C(Cc1cnc2[nH]c(-c3ccc(F)cc3)cc2c1)c1n[nH]c2c1CCC2. The van der Waals surface area contributed by atoms with E-state index in [1.165, 1.54) is 12.1 Å². The Bertz CT molecular complexity index is 1160. The number of benzene rings is 1. The molecule has 27 heavy (non-hydrogen) atoms. The second-order valence-electron chi connectivity index (χ2n) is 6.95. The summed E-state index contributed by atoms with van der Waals surface area (Å²) in [6.07, 6.45) is 4.96. The molecule has 0 saturated carbocycles. The lowest BCUT2D eigenvalue weighted by Crippen LogP contribution is -2.07. The molecule has 3 aromatic heterocycles. The van der Waals surface area contributed by atoms with Gasteiger partial charge in [0.15, 0.2) is 5.78 Å². The summed E-state index contributed by atoms with van der Waals surface area (Å²) < 4.78 is 13.1. The van der Waals surface area contributed by atoms with Gasteiger partial charge >= 0.3 is 0 Å². The number of ketones is 1. The molecule has 0 saturated heterocycles. The Balaban J connectivity index is 1.42. The molecule has 0 radical (unpaired) electrons. The quantitative estimate of drug-likeness (QED) is 0.540. The molecule has 6 heteroatoms. The molecule has 0 fully saturated rings. The van der Waals surface area contributed by atoms with E-state index < -0.39 is 0 Å². The second-order valence-corrected chi connectivity index (χ2v) is 6.95. The largest absolute Gasteiger partial charge is 0.339 e. The van der Waals surface area contributed by atoms with Crippen molar-refractivity contribution < 1.29 is 9.18 Å². The number of Topliss-reactive ketones (excluding diaryl/α,β-unsaturated/α-hetero) is 1. The number of carbonyl (C=O) groups excluding carboxylic acids is 1. The predicted octanol–water partition coefficient (Wildman–Crippen LogP) is 4.01. The Labute approximate surface area is 154 Å². The molecule has 134 valence electrons. The van der Waals surface area contributed by atoms with Crippen LogP contribution in [0.2, 0.25) is 0 Å². The monoisotopic (exact) mass is 360 g/mol. The molecule has 0 unspecified atom stereocenters. The van der Waals surface area contributed by atoms with Gasteiger partial charge in [-0.2, -0.15) is 5.10 Å². The highest BCUT2D eigenvalue weighted by Gasteiger charge is 2.23. The average Bonchev–Trinajstić information content (AvgIpc) is 3.37. The minimum atomic E-state index is -0.265. The third-order valence-electron chi connectivity index (χ3n) is 5.12. The van der Waals surface area contributed by atoms with E-state index in [0.717, 1.165) is 58.4 Å². The number of rotatable bonds is 4. The van der Waals surface area contributed by atoms with Crippen LogP contribution in [0.3, 0.4) is 0 Å². The Kier molecular flexibility index (Phi) is 3.63. The first-order chi connectivity index (χ1) is 13.2. The minimum absolute atomic E-state index is 0.0184. The minimum Gasteiger partial charge on any atom is -0.339 e. The van der Waals surface area contributed by atoms with Crippen LogP contribution in [0.4, 0.5) is 4.39 Å². The van der Waals surface area contributed by atoms with Gasteiger partial charge in [-0.25, -0.2) is 9.37 Å². The van der Waals surface area contributed by atoms with Gasteiger partial charge in [-0.3, -0.25) is 9.89 Å². The van der Waals surface area contributed by atoms with E-state index in [-0.39, 0.29) is 18.0 Å². The van der Waals surface area contributed by atoms with Gasteiger partial charge in [0.05, 0.1) is 0 Å². The molecule has 1 aromatic carbocycles. The number of aryl methyl sites for hydroxylation is 1. The molecule has 5 rings (SSSR count). The van der Waals surface area contributed by atoms with Gasteiger partial charge in [-0.1, -0.05) is 0 Å². The summed E-state index contributed by atoms with van der Waals surface area (Å²) in [7, 11) is 0. The van der Waals surface area contributed by atoms with E-state index in [0.29, 0.717) is 5.69 Å². The molecular formula is C21H17FN4O. The standard InChI is InChI=1S/C21H17FN4O/c22-15-6-4-13(5-7-15)18-10-14-8-12(11-23-21(14)24-18)9-19(27)20-16-2-1-3-17(16)25-26-20/h4-8,10-11H,1-3,9H2,(H,23,24)(H,25,26). The number of H-pyrrole nitrogens is 2. The van der Waals surface area contributed by atoms with Crippen molar-refractivity contribution >= 4 is 16.8 Å². The van der Waals surface area contributed by atoms with Crippen LogP contribution in [0.25, 0.3) is 22.3 Å². The van der Waals surface area contributed by atoms with E-state index in [1.54, 1.807) is 18.3 Å². The van der Waals surface area contributed by atoms with E-state index in [4.69, 9.17) is 0 Å². The zero-order valence-electron chi connectivity index (χ0n) is 14.6. The Morgan fingerprint density at radius 3 is 2.85 bits per heavy atom. The van der Waals surface area contributed by atoms with Crippen LogP contribution >= 0.6 is 0 Å². The van der Waals surface area contributed by atoms with Gasteiger partial charge < -0.3 is 4.98 Å². The lowest BCUT2D eigenvalue weighted by molar-refractivity contribution is 0.0987. The highest BCUT2D eigenvalue weighted by Crippen LogP contribution is 2.26. The van der Waals surface area contributed by atoms with Crippen LogP contribution in [0.1, 0.15) is 33.7 Å². The molecule has 1 aliphatic carbocycles. The summed E-state index contributed by atoms with van der Waals surface area (Å²) in [6, 6.07) is 10.2. The number of hydrogen-bond acceptors (Lipinski definition) is 3. The lowest BCUT2D eigenvalue weighted by Gasteiger charge is -2.00. The number of aromatic amines is 2. The van der Waals surface area contributed by atoms with Crippen LogP contribution in [0.15, 0.2) is 42.6 Å². The van der Waals surface area contributed by atoms with Crippen molar-refractivity contribution in [2.45, 2.75) is 25.7 Å². The van der Waals surface area contributed by atoms with Crippen molar-refractivity contribution in [1.82, 2.24) is 20.2 Å². The van der Waals surface area contributed by atoms with Crippen molar-refractivity contribution in [1.29, 1.82) is 0 Å². The molecule has 0 spiro atoms. The number of hydrogen-bond donors (Lipinski definition) is 2. The first-order valence-electron chi connectivity index (χ1n) is 9.00. The van der Waals surface area contributed by atoms with E-state index in [2.05, 4.69) is 20.2 Å². The van der Waals surface area contributed by atoms with Gasteiger partial charge in [0, 0.05) is 35.0 Å². The molecule has 4 aromatic rings. The second kappa shape index (κ2) is 6.16. The molecule has 5 nitrogen and oxygen atoms in total. The highest BCUT2D eigenvalue weighted by molar-refractivity contribution is 5.98. The number of halogens is 1. The summed E-state index contributed by atoms with van der Waals surface area (Å²) in [5.41, 5.74) is 6.10. The van der Waals surface area contributed by atoms with Crippen molar-refractivity contribution in [3.05, 3.63) is 70.9 Å². The zero-order chi connectivity index (χ0) is 18.4. The molecule has 0 atom stereocenters. The molecular weight excluding hydrogens is 343 g/mol. The van der Waals surface area contributed by atoms with Gasteiger partial charge in [-0.15, -0.1) is 0 Å². The van der Waals surface area contributed by atoms with Crippen LogP contribution < -0.4 is 0 Å². The van der Waals surface area contributed by atoms with Crippen LogP contribution in [-0.4, -0.2) is 25.9 Å². The molecule has 3 heterocycles. The Hall–Kier alpha value is -3.28. The van der Waals surface area contributed by atoms with Crippen LogP contribution in [0.5, 0.6) is 0 Å². The number of fused-ring (bicyclic) bond motifs is 2. The number of carbonyl (C=O) groups is 1. The lowest BCUT2D eigenvalue weighted by atomic mass is 10.0. The van der Waals surface area contributed by atoms with E-state index >= 15 is 0 Å². The number of nitrogens with one attached hydrogen (secondary N) is 2. The maximum Gasteiger partial charge on any atom is 0.187 e. The summed E-state index contributed by atoms with van der Waals surface area (Å²) in [4.78, 5) is 20.4. The summed E-state index contributed by atoms with van der Waals surface area (Å²) in [6.45, 7) is 0. The van der Waals surface area contributed by atoms with Crippen molar-refractivity contribution in [3.8, 4) is 11.3 Å². The average molecular weight is 360 g/mol. The third kappa shape index (κ3) is 2.83. The molecule has 1 aliphatic rings. The molecule has 2 N–H and O–H groups in total. The Morgan fingerprint density at radius 2 is 2.00 bits per heavy atom. The fourth-order valence-corrected chi connectivity index (χ4v) is 3.76.